The van der Waals surface area contributed by atoms with Crippen molar-refractivity contribution >= 4 is 87.2 Å². The Morgan fingerprint density at radius 2 is 0.604 bits per heavy atom. The molecule has 4 aromatic heterocycles. The molecule has 16 aromatic rings. The Balaban J connectivity index is 0.000000123. The van der Waals surface area contributed by atoms with Gasteiger partial charge in [0.15, 0.2) is 29.1 Å². The van der Waals surface area contributed by atoms with Gasteiger partial charge in [0.25, 0.3) is 0 Å². The van der Waals surface area contributed by atoms with Crippen molar-refractivity contribution in [1.82, 2.24) is 29.9 Å². The maximum absolute atomic E-state index is 9.60. The van der Waals surface area contributed by atoms with Gasteiger partial charge in [0, 0.05) is 73.6 Å². The zero-order chi connectivity index (χ0) is 65.2. The van der Waals surface area contributed by atoms with Crippen molar-refractivity contribution < 1.29 is 10.0 Å². The van der Waals surface area contributed by atoms with Crippen LogP contribution in [0.15, 0.2) is 279 Å². The summed E-state index contributed by atoms with van der Waals surface area (Å²) >= 11 is 9.67. The summed E-state index contributed by atoms with van der Waals surface area (Å²) in [6.45, 7) is 9.14. The summed E-state index contributed by atoms with van der Waals surface area (Å²) in [6, 6.07) is 96.4. The molecule has 12 heteroatoms. The number of fused-ring (bicyclic) bond motifs is 12. The first-order valence-corrected chi connectivity index (χ1v) is 34.0. The van der Waals surface area contributed by atoms with Crippen LogP contribution in [0.1, 0.15) is 49.9 Å². The van der Waals surface area contributed by atoms with Crippen LogP contribution < -0.4 is 5.46 Å². The molecule has 18 rings (SSSR count). The molecule has 2 aliphatic rings. The average molecular weight is 1300 g/mol. The molecule has 0 aliphatic heterocycles. The highest BCUT2D eigenvalue weighted by Crippen LogP contribution is 2.52. The predicted octanol–water partition coefficient (Wildman–Crippen LogP) is 20.8. The second kappa shape index (κ2) is 24.6. The smallest absolute Gasteiger partial charge is 0.423 e. The normalized spacial score (nSPS) is 12.9. The molecule has 4 heterocycles. The van der Waals surface area contributed by atoms with Gasteiger partial charge in [-0.2, -0.15) is 9.97 Å². The summed E-state index contributed by atoms with van der Waals surface area (Å²) in [5.41, 5.74) is 20.5. The quantitative estimate of drug-likeness (QED) is 0.145. The van der Waals surface area contributed by atoms with Crippen molar-refractivity contribution in [3.05, 3.63) is 307 Å². The highest BCUT2D eigenvalue weighted by atomic mass is 35.5. The monoisotopic (exact) mass is 1290 g/mol. The third-order valence-corrected chi connectivity index (χ3v) is 21.5. The second-order valence-electron chi connectivity index (χ2n) is 25.2. The summed E-state index contributed by atoms with van der Waals surface area (Å²) in [6.07, 6.45) is 0. The maximum Gasteiger partial charge on any atom is 0.489 e. The summed E-state index contributed by atoms with van der Waals surface area (Å²) in [5.74, 6) is 3.21. The van der Waals surface area contributed by atoms with Gasteiger partial charge in [-0.25, -0.2) is 19.9 Å². The van der Waals surface area contributed by atoms with Gasteiger partial charge >= 0.3 is 7.12 Å². The Labute approximate surface area is 569 Å². The molecule has 0 radical (unpaired) electrons. The van der Waals surface area contributed by atoms with Crippen LogP contribution in [0.4, 0.5) is 0 Å². The highest BCUT2D eigenvalue weighted by molar-refractivity contribution is 7.27. The Kier molecular flexibility index (Phi) is 15.5. The Bertz CT molecular complexity index is 5670. The Morgan fingerprint density at radius 1 is 0.281 bits per heavy atom. The van der Waals surface area contributed by atoms with E-state index in [9.17, 15) is 10.0 Å². The van der Waals surface area contributed by atoms with Crippen LogP contribution in [0.3, 0.4) is 0 Å². The fourth-order valence-electron chi connectivity index (χ4n) is 14.0. The predicted molar refractivity (Wildman–Crippen MR) is 400 cm³/mol. The van der Waals surface area contributed by atoms with Crippen LogP contribution >= 0.6 is 34.3 Å². The minimum absolute atomic E-state index is 0.0684. The minimum atomic E-state index is -1.45. The third kappa shape index (κ3) is 10.8. The zero-order valence-electron chi connectivity index (χ0n) is 52.9. The van der Waals surface area contributed by atoms with Gasteiger partial charge in [-0.15, -0.1) is 22.7 Å². The first-order valence-electron chi connectivity index (χ1n) is 32.0. The highest BCUT2D eigenvalue weighted by Gasteiger charge is 2.37. The Morgan fingerprint density at radius 3 is 1.06 bits per heavy atom. The molecule has 2 aliphatic carbocycles. The lowest BCUT2D eigenvalue weighted by atomic mass is 9.80. The van der Waals surface area contributed by atoms with E-state index in [1.165, 1.54) is 91.6 Å². The number of hydrogen-bond acceptors (Lipinski definition) is 10. The van der Waals surface area contributed by atoms with Crippen molar-refractivity contribution in [3.63, 3.8) is 0 Å². The summed E-state index contributed by atoms with van der Waals surface area (Å²) in [4.78, 5) is 28.8. The van der Waals surface area contributed by atoms with Gasteiger partial charge in [-0.1, -0.05) is 289 Å². The van der Waals surface area contributed by atoms with Crippen LogP contribution in [0.25, 0.3) is 142 Å². The van der Waals surface area contributed by atoms with Gasteiger partial charge in [0.2, 0.25) is 5.28 Å². The molecule has 0 spiro atoms. The molecule has 96 heavy (non-hydrogen) atoms. The van der Waals surface area contributed by atoms with Gasteiger partial charge in [-0.05, 0) is 107 Å². The molecule has 0 saturated carbocycles. The number of hydrogen-bond donors (Lipinski definition) is 2. The van der Waals surface area contributed by atoms with Gasteiger partial charge in [0.1, 0.15) is 0 Å². The topological polar surface area (TPSA) is 118 Å². The standard InChI is InChI=1S/C42H29N3S.C24H18ClN3.C18H13BO2S/c1-42(2)35-22-10-9-17-30(35)31-24-23-28(25-36(31)42)40-43-39(27-15-7-4-8-16-27)44-41(45-40)34-21-12-20-33-32-19-11-18-29(37(32)46-38(33)34)26-13-5-3-6-14-26;1-24(2)19-11-7-6-10-17(19)18-13-12-16(14-20(18)24)22-26-21(27-23(25)28-22)15-8-4-3-5-9-15;20-19(21)16-11-5-10-15-14-9-4-8-13(17(14)22-18(15)16)12-6-2-1-3-7-12/h3-25H,1-2H3;3-14H,1-2H3;1-11,20-21H. The molecular formula is C84H60BClN6O2S2. The number of aromatic nitrogens is 6. The number of nitrogens with zero attached hydrogens (tertiary/aromatic N) is 6. The van der Waals surface area contributed by atoms with E-state index < -0.39 is 7.12 Å². The van der Waals surface area contributed by atoms with E-state index in [0.29, 0.717) is 34.6 Å². The largest absolute Gasteiger partial charge is 0.489 e. The number of halogens is 1. The van der Waals surface area contributed by atoms with E-state index in [-0.39, 0.29) is 16.1 Å². The van der Waals surface area contributed by atoms with Crippen LogP contribution in [0.2, 0.25) is 5.28 Å². The molecule has 0 atom stereocenters. The van der Waals surface area contributed by atoms with E-state index in [1.807, 2.05) is 90.2 Å². The molecule has 0 saturated heterocycles. The van der Waals surface area contributed by atoms with E-state index >= 15 is 0 Å². The number of rotatable bonds is 8. The Hall–Kier alpha value is -10.6. The molecule has 12 aromatic carbocycles. The first kappa shape index (κ1) is 60.3. The minimum Gasteiger partial charge on any atom is -0.423 e. The maximum atomic E-state index is 9.60. The SMILES string of the molecule is CC1(C)c2ccccc2-c2ccc(-c3nc(-c4ccccc4)nc(-c4cccc5c4sc4c(-c6ccccc6)cccc45)n3)cc21.CC1(C)c2ccccc2-c2ccc(-c3nc(Cl)nc(-c4ccccc4)n3)cc21.OB(O)c1cccc2c1sc1c(-c3ccccc3)cccc12. The van der Waals surface area contributed by atoms with Gasteiger partial charge < -0.3 is 10.0 Å². The van der Waals surface area contributed by atoms with Crippen molar-refractivity contribution in [3.8, 4) is 101 Å². The van der Waals surface area contributed by atoms with E-state index in [0.717, 1.165) is 43.3 Å². The molecule has 0 amide bonds. The van der Waals surface area contributed by atoms with Crippen LogP contribution in [-0.2, 0) is 10.8 Å². The fourth-order valence-corrected chi connectivity index (χ4v) is 16.8. The third-order valence-electron chi connectivity index (χ3n) is 18.8. The number of benzene rings is 12. The molecule has 2 N–H and O–H groups in total. The van der Waals surface area contributed by atoms with E-state index in [4.69, 9.17) is 26.6 Å². The summed E-state index contributed by atoms with van der Waals surface area (Å²) < 4.78 is 4.57. The van der Waals surface area contributed by atoms with Crippen LogP contribution in [0.5, 0.6) is 0 Å². The summed E-state index contributed by atoms with van der Waals surface area (Å²) in [7, 11) is -1.45. The van der Waals surface area contributed by atoms with Gasteiger partial charge in [-0.3, -0.25) is 0 Å². The molecular weight excluding hydrogens is 1240 g/mol. The molecule has 0 bridgehead atoms. The van der Waals surface area contributed by atoms with Crippen molar-refractivity contribution in [2.75, 3.05) is 0 Å². The van der Waals surface area contributed by atoms with E-state index in [1.54, 1.807) is 17.4 Å². The van der Waals surface area contributed by atoms with Crippen molar-refractivity contribution in [1.29, 1.82) is 0 Å². The fraction of sp³-hybridized carbons (Fsp3) is 0.0714. The molecule has 0 unspecified atom stereocenters. The van der Waals surface area contributed by atoms with Crippen molar-refractivity contribution in [2.45, 2.75) is 38.5 Å². The zero-order valence-corrected chi connectivity index (χ0v) is 55.3. The number of thiophene rings is 2. The van der Waals surface area contributed by atoms with Crippen LogP contribution in [-0.4, -0.2) is 47.1 Å². The molecule has 460 valence electrons. The second-order valence-corrected chi connectivity index (χ2v) is 27.6. The average Bonchev–Trinajstić information content (AvgIpc) is 1.60. The molecule has 8 nitrogen and oxygen atoms in total. The lowest BCUT2D eigenvalue weighted by Gasteiger charge is -2.21. The van der Waals surface area contributed by atoms with E-state index in [2.05, 4.69) is 237 Å². The van der Waals surface area contributed by atoms with Crippen LogP contribution in [0, 0.1) is 0 Å². The lowest BCUT2D eigenvalue weighted by Crippen LogP contribution is -2.29. The first-order chi connectivity index (χ1) is 46.8. The van der Waals surface area contributed by atoms with Crippen molar-refractivity contribution in [2.24, 2.45) is 0 Å². The lowest BCUT2D eigenvalue weighted by molar-refractivity contribution is 0.426. The molecule has 0 fully saturated rings. The summed E-state index contributed by atoms with van der Waals surface area (Å²) in [5, 5.41) is 24.1. The van der Waals surface area contributed by atoms with Gasteiger partial charge in [0.05, 0.1) is 0 Å².